The summed E-state index contributed by atoms with van der Waals surface area (Å²) < 4.78 is 33.0. The smallest absolute Gasteiger partial charge is 0.322 e. The van der Waals surface area contributed by atoms with Crippen LogP contribution in [0.4, 0.5) is 0 Å². The first kappa shape index (κ1) is 23.5. The molecule has 0 amide bonds. The third-order valence-electron chi connectivity index (χ3n) is 5.55. The van der Waals surface area contributed by atoms with Gasteiger partial charge in [0.2, 0.25) is 10.0 Å². The number of aliphatic hydroxyl groups is 1. The fourth-order valence-corrected chi connectivity index (χ4v) is 5.95. The number of hydrogen-bond donors (Lipinski definition) is 2. The highest BCUT2D eigenvalue weighted by molar-refractivity contribution is 7.89. The number of hydrogen-bond acceptors (Lipinski definition) is 5. The Morgan fingerprint density at radius 2 is 1.87 bits per heavy atom. The van der Waals surface area contributed by atoms with E-state index in [-0.39, 0.29) is 24.5 Å². The minimum atomic E-state index is -4.14. The maximum Gasteiger partial charge on any atom is 0.322 e. The first-order chi connectivity index (χ1) is 14.4. The Hall–Kier alpha value is -2.13. The van der Waals surface area contributed by atoms with Crippen LogP contribution in [0.5, 0.6) is 5.75 Å². The van der Waals surface area contributed by atoms with Gasteiger partial charge in [-0.25, -0.2) is 8.42 Å². The fourth-order valence-electron chi connectivity index (χ4n) is 3.98. The SMILES string of the molecule is Cc1ccc(Cl)cc1COc1ccc(S(=O)(=O)N2CC(O)CC(C)(C)C2C(=O)O)cc1. The molecular formula is C22H26ClNO6S. The number of sulfonamides is 1. The van der Waals surface area contributed by atoms with E-state index < -0.39 is 33.6 Å². The van der Waals surface area contributed by atoms with Gasteiger partial charge in [-0.05, 0) is 66.3 Å². The Morgan fingerprint density at radius 3 is 2.48 bits per heavy atom. The van der Waals surface area contributed by atoms with Crippen LogP contribution in [-0.2, 0) is 21.4 Å². The first-order valence-corrected chi connectivity index (χ1v) is 11.6. The molecule has 1 fully saturated rings. The zero-order valence-electron chi connectivity index (χ0n) is 17.6. The molecule has 1 heterocycles. The molecule has 2 unspecified atom stereocenters. The van der Waals surface area contributed by atoms with Gasteiger partial charge < -0.3 is 14.9 Å². The summed E-state index contributed by atoms with van der Waals surface area (Å²) in [5, 5.41) is 20.5. The number of carboxylic acids is 1. The van der Waals surface area contributed by atoms with E-state index in [1.165, 1.54) is 24.3 Å². The van der Waals surface area contributed by atoms with Crippen LogP contribution >= 0.6 is 11.6 Å². The molecule has 0 radical (unpaired) electrons. The Balaban J connectivity index is 1.81. The van der Waals surface area contributed by atoms with Gasteiger partial charge in [0.25, 0.3) is 0 Å². The number of nitrogens with zero attached hydrogens (tertiary/aromatic N) is 1. The van der Waals surface area contributed by atoms with Crippen molar-refractivity contribution in [1.82, 2.24) is 4.31 Å². The fraction of sp³-hybridized carbons (Fsp3) is 0.409. The predicted molar refractivity (Wildman–Crippen MR) is 117 cm³/mol. The van der Waals surface area contributed by atoms with Gasteiger partial charge in [0.15, 0.2) is 0 Å². The summed E-state index contributed by atoms with van der Waals surface area (Å²) in [5.74, 6) is -0.774. The minimum absolute atomic E-state index is 0.0602. The summed E-state index contributed by atoms with van der Waals surface area (Å²) in [6, 6.07) is 10.0. The summed E-state index contributed by atoms with van der Waals surface area (Å²) in [6.45, 7) is 5.23. The Morgan fingerprint density at radius 1 is 1.23 bits per heavy atom. The molecule has 7 nitrogen and oxygen atoms in total. The molecular weight excluding hydrogens is 442 g/mol. The monoisotopic (exact) mass is 467 g/mol. The highest BCUT2D eigenvalue weighted by Gasteiger charge is 2.50. The molecule has 2 atom stereocenters. The standard InChI is InChI=1S/C22H26ClNO6S/c1-14-4-5-16(23)10-15(14)13-30-18-6-8-19(9-7-18)31(28,29)24-12-17(25)11-22(2,3)20(24)21(26)27/h4-10,17,20,25H,11-13H2,1-3H3,(H,26,27). The topological polar surface area (TPSA) is 104 Å². The van der Waals surface area contributed by atoms with Crippen molar-refractivity contribution in [3.8, 4) is 5.75 Å². The summed E-state index contributed by atoms with van der Waals surface area (Å²) in [7, 11) is -4.14. The van der Waals surface area contributed by atoms with Crippen molar-refractivity contribution in [2.24, 2.45) is 5.41 Å². The molecule has 0 aromatic heterocycles. The van der Waals surface area contributed by atoms with E-state index in [0.717, 1.165) is 15.4 Å². The molecule has 0 spiro atoms. The molecule has 2 aromatic carbocycles. The maximum atomic E-state index is 13.2. The van der Waals surface area contributed by atoms with Crippen molar-refractivity contribution in [2.45, 2.75) is 50.8 Å². The molecule has 0 bridgehead atoms. The van der Waals surface area contributed by atoms with Crippen molar-refractivity contribution in [1.29, 1.82) is 0 Å². The molecule has 3 rings (SSSR count). The number of rotatable bonds is 6. The lowest BCUT2D eigenvalue weighted by atomic mass is 9.76. The van der Waals surface area contributed by atoms with Gasteiger partial charge in [0.1, 0.15) is 18.4 Å². The van der Waals surface area contributed by atoms with E-state index in [2.05, 4.69) is 0 Å². The quantitative estimate of drug-likeness (QED) is 0.674. The Bertz CT molecular complexity index is 1070. The molecule has 9 heteroatoms. The Kier molecular flexibility index (Phi) is 6.67. The summed E-state index contributed by atoms with van der Waals surface area (Å²) in [6.07, 6.45) is -0.741. The zero-order valence-corrected chi connectivity index (χ0v) is 19.2. The van der Waals surface area contributed by atoms with Crippen LogP contribution < -0.4 is 4.74 Å². The van der Waals surface area contributed by atoms with Crippen LogP contribution in [0, 0.1) is 12.3 Å². The summed E-state index contributed by atoms with van der Waals surface area (Å²) in [4.78, 5) is 11.8. The van der Waals surface area contributed by atoms with Crippen LogP contribution in [0.3, 0.4) is 0 Å². The second-order valence-corrected chi connectivity index (χ2v) is 10.8. The lowest BCUT2D eigenvalue weighted by molar-refractivity contribution is -0.149. The molecule has 2 N–H and O–H groups in total. The third kappa shape index (κ3) is 5.03. The van der Waals surface area contributed by atoms with Gasteiger partial charge >= 0.3 is 5.97 Å². The second kappa shape index (κ2) is 8.78. The van der Waals surface area contributed by atoms with Crippen LogP contribution in [-0.4, -0.2) is 47.6 Å². The lowest BCUT2D eigenvalue weighted by Crippen LogP contribution is -2.59. The number of aryl methyl sites for hydroxylation is 1. The average molecular weight is 468 g/mol. The number of piperidine rings is 1. The van der Waals surface area contributed by atoms with Crippen LogP contribution in [0.15, 0.2) is 47.4 Å². The third-order valence-corrected chi connectivity index (χ3v) is 7.63. The number of ether oxygens (including phenoxy) is 1. The van der Waals surface area contributed by atoms with E-state index in [1.807, 2.05) is 19.1 Å². The molecule has 0 saturated carbocycles. The van der Waals surface area contributed by atoms with E-state index in [0.29, 0.717) is 10.8 Å². The van der Waals surface area contributed by atoms with E-state index in [4.69, 9.17) is 16.3 Å². The number of β-amino-alcohol motifs (C(OH)–C–C–N with tert-alkyl or cyclic N) is 1. The van der Waals surface area contributed by atoms with Crippen LogP contribution in [0.1, 0.15) is 31.4 Å². The van der Waals surface area contributed by atoms with Crippen molar-refractivity contribution >= 4 is 27.6 Å². The van der Waals surface area contributed by atoms with Crippen molar-refractivity contribution < 1.29 is 28.2 Å². The van der Waals surface area contributed by atoms with Crippen molar-refractivity contribution in [3.05, 3.63) is 58.6 Å². The normalized spacial score (nSPS) is 21.6. The number of benzene rings is 2. The largest absolute Gasteiger partial charge is 0.489 e. The number of aliphatic hydroxyl groups excluding tert-OH is 1. The lowest BCUT2D eigenvalue weighted by Gasteiger charge is -2.44. The number of carboxylic acid groups (broad SMARTS) is 1. The summed E-state index contributed by atoms with van der Waals surface area (Å²) in [5.41, 5.74) is 1.02. The van der Waals surface area contributed by atoms with Gasteiger partial charge in [-0.1, -0.05) is 31.5 Å². The highest BCUT2D eigenvalue weighted by Crippen LogP contribution is 2.38. The first-order valence-electron chi connectivity index (χ1n) is 9.82. The van der Waals surface area contributed by atoms with Gasteiger partial charge in [-0.15, -0.1) is 0 Å². The molecule has 2 aromatic rings. The highest BCUT2D eigenvalue weighted by atomic mass is 35.5. The van der Waals surface area contributed by atoms with Crippen molar-refractivity contribution in [2.75, 3.05) is 6.54 Å². The zero-order chi connectivity index (χ0) is 23.0. The van der Waals surface area contributed by atoms with E-state index in [1.54, 1.807) is 19.9 Å². The average Bonchev–Trinajstić information content (AvgIpc) is 2.67. The van der Waals surface area contributed by atoms with Crippen LogP contribution in [0.2, 0.25) is 5.02 Å². The second-order valence-electron chi connectivity index (χ2n) is 8.49. The Labute approximate surface area is 187 Å². The number of aliphatic carboxylic acids is 1. The van der Waals surface area contributed by atoms with Gasteiger partial charge in [-0.2, -0.15) is 4.31 Å². The van der Waals surface area contributed by atoms with E-state index >= 15 is 0 Å². The van der Waals surface area contributed by atoms with Gasteiger partial charge in [-0.3, -0.25) is 4.79 Å². The number of carbonyl (C=O) groups is 1. The molecule has 0 aliphatic carbocycles. The molecule has 1 aliphatic heterocycles. The molecule has 1 aliphatic rings. The van der Waals surface area contributed by atoms with E-state index in [9.17, 15) is 23.4 Å². The van der Waals surface area contributed by atoms with Gasteiger partial charge in [0.05, 0.1) is 11.0 Å². The van der Waals surface area contributed by atoms with Crippen molar-refractivity contribution in [3.63, 3.8) is 0 Å². The molecule has 168 valence electrons. The van der Waals surface area contributed by atoms with Crippen LogP contribution in [0.25, 0.3) is 0 Å². The summed E-state index contributed by atoms with van der Waals surface area (Å²) >= 11 is 6.02. The van der Waals surface area contributed by atoms with Gasteiger partial charge in [0, 0.05) is 11.6 Å². The predicted octanol–water partition coefficient (Wildman–Crippen LogP) is 3.46. The number of halogens is 1. The minimum Gasteiger partial charge on any atom is -0.489 e. The maximum absolute atomic E-state index is 13.2. The molecule has 31 heavy (non-hydrogen) atoms. The molecule has 1 saturated heterocycles.